The topological polar surface area (TPSA) is 59.1 Å². The highest BCUT2D eigenvalue weighted by Crippen LogP contribution is 2.43. The summed E-state index contributed by atoms with van der Waals surface area (Å²) in [6.07, 6.45) is 3.33. The molecule has 2 amide bonds. The number of benzene rings is 1. The van der Waals surface area contributed by atoms with E-state index in [9.17, 15) is 14.0 Å². The van der Waals surface area contributed by atoms with Crippen LogP contribution in [0, 0.1) is 11.7 Å². The van der Waals surface area contributed by atoms with Crippen molar-refractivity contribution in [3.05, 3.63) is 35.6 Å². The Labute approximate surface area is 164 Å². The van der Waals surface area contributed by atoms with E-state index in [1.54, 1.807) is 9.80 Å². The molecule has 1 aliphatic carbocycles. The molecule has 0 bridgehead atoms. The lowest BCUT2D eigenvalue weighted by atomic mass is 9.83. The molecular weight excluding hydrogens is 363 g/mol. The molecule has 0 unspecified atom stereocenters. The fraction of sp³-hybridized carbons (Fsp3) is 0.619. The first-order chi connectivity index (χ1) is 13.5. The monoisotopic (exact) mass is 390 g/mol. The van der Waals surface area contributed by atoms with Crippen molar-refractivity contribution in [1.29, 1.82) is 0 Å². The van der Waals surface area contributed by atoms with Crippen LogP contribution < -0.4 is 0 Å². The number of carbonyl (C=O) groups excluding carboxylic acids is 2. The third-order valence-corrected chi connectivity index (χ3v) is 6.23. The Morgan fingerprint density at radius 3 is 2.39 bits per heavy atom. The molecule has 1 spiro atoms. The Balaban J connectivity index is 1.64. The van der Waals surface area contributed by atoms with Crippen LogP contribution >= 0.6 is 0 Å². The van der Waals surface area contributed by atoms with Gasteiger partial charge in [-0.1, -0.05) is 6.92 Å². The first-order valence-electron chi connectivity index (χ1n) is 10.1. The van der Waals surface area contributed by atoms with Gasteiger partial charge in [0.1, 0.15) is 17.6 Å². The number of ether oxygens (including phenoxy) is 2. The minimum Gasteiger partial charge on any atom is -0.378 e. The summed E-state index contributed by atoms with van der Waals surface area (Å²) in [5.41, 5.74) is -0.366. The number of halogens is 1. The maximum atomic E-state index is 13.4. The zero-order valence-electron chi connectivity index (χ0n) is 16.2. The molecule has 0 N–H and O–H groups in total. The van der Waals surface area contributed by atoms with Gasteiger partial charge in [-0.15, -0.1) is 0 Å². The molecule has 1 saturated carbocycles. The van der Waals surface area contributed by atoms with E-state index in [1.807, 2.05) is 0 Å². The Hall–Kier alpha value is -1.99. The predicted octanol–water partition coefficient (Wildman–Crippen LogP) is 2.43. The number of amides is 2. The summed E-state index contributed by atoms with van der Waals surface area (Å²) < 4.78 is 24.9. The van der Waals surface area contributed by atoms with Crippen molar-refractivity contribution in [3.63, 3.8) is 0 Å². The number of hydrogen-bond donors (Lipinski definition) is 0. The van der Waals surface area contributed by atoms with Gasteiger partial charge in [0.15, 0.2) is 0 Å². The Morgan fingerprint density at radius 2 is 1.75 bits per heavy atom. The van der Waals surface area contributed by atoms with Crippen molar-refractivity contribution >= 4 is 11.8 Å². The normalized spacial score (nSPS) is 30.6. The molecule has 4 rings (SSSR count). The van der Waals surface area contributed by atoms with Gasteiger partial charge in [0.2, 0.25) is 5.91 Å². The average molecular weight is 390 g/mol. The van der Waals surface area contributed by atoms with Crippen LogP contribution in [-0.4, -0.2) is 66.3 Å². The lowest BCUT2D eigenvalue weighted by Crippen LogP contribution is -2.58. The van der Waals surface area contributed by atoms with Crippen LogP contribution in [0.15, 0.2) is 24.3 Å². The van der Waals surface area contributed by atoms with Crippen molar-refractivity contribution in [2.75, 3.05) is 32.9 Å². The number of morpholine rings is 1. The SMILES string of the molecule is CC1CCC2(CC1)OC[C@@H](C(=O)N1CCOCC1)N2C(=O)c1ccc(F)cc1. The van der Waals surface area contributed by atoms with E-state index in [4.69, 9.17) is 9.47 Å². The van der Waals surface area contributed by atoms with Gasteiger partial charge in [-0.2, -0.15) is 0 Å². The van der Waals surface area contributed by atoms with Crippen LogP contribution in [-0.2, 0) is 14.3 Å². The number of rotatable bonds is 2. The van der Waals surface area contributed by atoms with E-state index in [0.717, 1.165) is 12.8 Å². The maximum absolute atomic E-state index is 13.4. The lowest BCUT2D eigenvalue weighted by molar-refractivity contribution is -0.141. The highest BCUT2D eigenvalue weighted by molar-refractivity contribution is 5.98. The molecule has 28 heavy (non-hydrogen) atoms. The highest BCUT2D eigenvalue weighted by Gasteiger charge is 2.54. The fourth-order valence-corrected chi connectivity index (χ4v) is 4.49. The van der Waals surface area contributed by atoms with Crippen molar-refractivity contribution in [1.82, 2.24) is 9.80 Å². The Kier molecular flexibility index (Phi) is 5.38. The van der Waals surface area contributed by atoms with Gasteiger partial charge < -0.3 is 14.4 Å². The highest BCUT2D eigenvalue weighted by atomic mass is 19.1. The molecule has 1 aromatic carbocycles. The van der Waals surface area contributed by atoms with Gasteiger partial charge in [0.05, 0.1) is 19.8 Å². The Morgan fingerprint density at radius 1 is 1.11 bits per heavy atom. The molecule has 1 atom stereocenters. The molecule has 3 aliphatic rings. The minimum atomic E-state index is -0.745. The van der Waals surface area contributed by atoms with Crippen molar-refractivity contribution in [3.8, 4) is 0 Å². The standard InChI is InChI=1S/C21H27FN2O4/c1-15-6-8-21(9-7-15)24(19(25)16-2-4-17(22)5-3-16)18(14-28-21)20(26)23-10-12-27-13-11-23/h2-5,15,18H,6-14H2,1H3/t15?,18-,21?/m0/s1. The van der Waals surface area contributed by atoms with E-state index >= 15 is 0 Å². The van der Waals surface area contributed by atoms with Crippen LogP contribution in [0.25, 0.3) is 0 Å². The largest absolute Gasteiger partial charge is 0.378 e. The molecule has 6 nitrogen and oxygen atoms in total. The van der Waals surface area contributed by atoms with Gasteiger partial charge in [-0.25, -0.2) is 4.39 Å². The zero-order chi connectivity index (χ0) is 19.7. The van der Waals surface area contributed by atoms with Crippen LogP contribution in [0.2, 0.25) is 0 Å². The van der Waals surface area contributed by atoms with Gasteiger partial charge in [-0.3, -0.25) is 14.5 Å². The molecule has 2 heterocycles. The summed E-state index contributed by atoms with van der Waals surface area (Å²) in [6.45, 7) is 4.47. The van der Waals surface area contributed by atoms with Gasteiger partial charge in [0, 0.05) is 18.7 Å². The fourth-order valence-electron chi connectivity index (χ4n) is 4.49. The summed E-state index contributed by atoms with van der Waals surface area (Å²) in [7, 11) is 0. The van der Waals surface area contributed by atoms with Crippen LogP contribution in [0.4, 0.5) is 4.39 Å². The number of carbonyl (C=O) groups is 2. The molecule has 0 radical (unpaired) electrons. The molecule has 2 aliphatic heterocycles. The van der Waals surface area contributed by atoms with Crippen molar-refractivity contribution < 1.29 is 23.5 Å². The first-order valence-corrected chi connectivity index (χ1v) is 10.1. The summed E-state index contributed by atoms with van der Waals surface area (Å²) in [6, 6.07) is 4.86. The van der Waals surface area contributed by atoms with Crippen LogP contribution in [0.3, 0.4) is 0 Å². The molecule has 152 valence electrons. The second-order valence-corrected chi connectivity index (χ2v) is 8.08. The van der Waals surface area contributed by atoms with E-state index in [0.29, 0.717) is 50.6 Å². The maximum Gasteiger partial charge on any atom is 0.256 e. The quantitative estimate of drug-likeness (QED) is 0.778. The minimum absolute atomic E-state index is 0.0886. The first kappa shape index (κ1) is 19.3. The van der Waals surface area contributed by atoms with Crippen molar-refractivity contribution in [2.45, 2.75) is 44.4 Å². The van der Waals surface area contributed by atoms with Crippen molar-refractivity contribution in [2.24, 2.45) is 5.92 Å². The molecule has 7 heteroatoms. The van der Waals surface area contributed by atoms with Gasteiger partial charge in [-0.05, 0) is 55.9 Å². The molecule has 2 saturated heterocycles. The second-order valence-electron chi connectivity index (χ2n) is 8.08. The second kappa shape index (κ2) is 7.79. The molecule has 1 aromatic rings. The van der Waals surface area contributed by atoms with E-state index < -0.39 is 17.6 Å². The summed E-state index contributed by atoms with van der Waals surface area (Å²) >= 11 is 0. The zero-order valence-corrected chi connectivity index (χ0v) is 16.2. The summed E-state index contributed by atoms with van der Waals surface area (Å²) in [5, 5.41) is 0. The number of nitrogens with zero attached hydrogens (tertiary/aromatic N) is 2. The molecule has 0 aromatic heterocycles. The Bertz CT molecular complexity index is 724. The van der Waals surface area contributed by atoms with Gasteiger partial charge >= 0.3 is 0 Å². The summed E-state index contributed by atoms with van der Waals surface area (Å²) in [4.78, 5) is 30.1. The predicted molar refractivity (Wildman–Crippen MR) is 100 cm³/mol. The van der Waals surface area contributed by atoms with Gasteiger partial charge in [0.25, 0.3) is 5.91 Å². The van der Waals surface area contributed by atoms with E-state index in [2.05, 4.69) is 6.92 Å². The van der Waals surface area contributed by atoms with E-state index in [-0.39, 0.29) is 18.4 Å². The smallest absolute Gasteiger partial charge is 0.256 e. The van der Waals surface area contributed by atoms with E-state index in [1.165, 1.54) is 24.3 Å². The molecule has 3 fully saturated rings. The third-order valence-electron chi connectivity index (χ3n) is 6.23. The van der Waals surface area contributed by atoms with Crippen LogP contribution in [0.1, 0.15) is 43.0 Å². The number of hydrogen-bond acceptors (Lipinski definition) is 4. The lowest BCUT2D eigenvalue weighted by Gasteiger charge is -2.43. The molecular formula is C21H27FN2O4. The third kappa shape index (κ3) is 3.53. The van der Waals surface area contributed by atoms with Crippen LogP contribution in [0.5, 0.6) is 0 Å². The summed E-state index contributed by atoms with van der Waals surface area (Å²) in [5.74, 6) is -0.171. The average Bonchev–Trinajstić information content (AvgIpc) is 3.09.